The van der Waals surface area contributed by atoms with Crippen LogP contribution in [-0.2, 0) is 16.1 Å². The Kier molecular flexibility index (Phi) is 5.83. The second kappa shape index (κ2) is 8.09. The summed E-state index contributed by atoms with van der Waals surface area (Å²) in [6, 6.07) is 5.90. The summed E-state index contributed by atoms with van der Waals surface area (Å²) in [5.41, 5.74) is 2.60. The second-order valence-electron chi connectivity index (χ2n) is 6.57. The van der Waals surface area contributed by atoms with Crippen LogP contribution in [-0.4, -0.2) is 38.6 Å². The summed E-state index contributed by atoms with van der Waals surface area (Å²) in [5.74, 6) is -0.119. The number of aromatic nitrogens is 3. The fourth-order valence-corrected chi connectivity index (χ4v) is 3.86. The Morgan fingerprint density at radius 2 is 2.19 bits per heavy atom. The Balaban J connectivity index is 1.68. The van der Waals surface area contributed by atoms with Crippen LogP contribution >= 0.6 is 11.8 Å². The first-order chi connectivity index (χ1) is 12.5. The molecule has 0 saturated carbocycles. The zero-order valence-electron chi connectivity index (χ0n) is 15.2. The number of para-hydroxylation sites is 1. The SMILES string of the molecule is Cc1cccc(C)c1NC(=O)[C@@H](C)Sc1n[nH]c(=O)n1C[C@H]1CCCO1. The van der Waals surface area contributed by atoms with Crippen molar-refractivity contribution in [2.24, 2.45) is 0 Å². The summed E-state index contributed by atoms with van der Waals surface area (Å²) in [6.07, 6.45) is 1.97. The molecule has 1 aliphatic heterocycles. The number of thioether (sulfide) groups is 1. The molecule has 1 aromatic carbocycles. The van der Waals surface area contributed by atoms with Crippen LogP contribution in [0.25, 0.3) is 0 Å². The minimum Gasteiger partial charge on any atom is -0.376 e. The maximum absolute atomic E-state index is 12.6. The molecule has 8 heteroatoms. The van der Waals surface area contributed by atoms with Crippen molar-refractivity contribution in [1.29, 1.82) is 0 Å². The molecule has 7 nitrogen and oxygen atoms in total. The number of ether oxygens (including phenoxy) is 1. The van der Waals surface area contributed by atoms with Crippen molar-refractivity contribution in [3.63, 3.8) is 0 Å². The van der Waals surface area contributed by atoms with Crippen molar-refractivity contribution in [1.82, 2.24) is 14.8 Å². The Labute approximate surface area is 156 Å². The van der Waals surface area contributed by atoms with E-state index in [-0.39, 0.29) is 17.7 Å². The van der Waals surface area contributed by atoms with E-state index in [0.717, 1.165) is 36.3 Å². The zero-order chi connectivity index (χ0) is 18.7. The van der Waals surface area contributed by atoms with E-state index >= 15 is 0 Å². The summed E-state index contributed by atoms with van der Waals surface area (Å²) >= 11 is 1.27. The molecule has 2 heterocycles. The number of benzene rings is 1. The van der Waals surface area contributed by atoms with Gasteiger partial charge in [-0.3, -0.25) is 9.36 Å². The fourth-order valence-electron chi connectivity index (χ4n) is 2.99. The highest BCUT2D eigenvalue weighted by atomic mass is 32.2. The van der Waals surface area contributed by atoms with Gasteiger partial charge in [0.25, 0.3) is 0 Å². The smallest absolute Gasteiger partial charge is 0.344 e. The first-order valence-corrected chi connectivity index (χ1v) is 9.64. The third kappa shape index (κ3) is 4.19. The molecule has 1 aromatic heterocycles. The van der Waals surface area contributed by atoms with Gasteiger partial charge in [-0.15, -0.1) is 5.10 Å². The molecule has 1 saturated heterocycles. The van der Waals surface area contributed by atoms with E-state index in [0.29, 0.717) is 11.7 Å². The summed E-state index contributed by atoms with van der Waals surface area (Å²) in [6.45, 7) is 6.93. The van der Waals surface area contributed by atoms with E-state index < -0.39 is 5.25 Å². The van der Waals surface area contributed by atoms with Gasteiger partial charge < -0.3 is 10.1 Å². The Morgan fingerprint density at radius 1 is 1.46 bits per heavy atom. The molecule has 2 aromatic rings. The number of nitrogens with zero attached hydrogens (tertiary/aromatic N) is 2. The molecule has 0 spiro atoms. The van der Waals surface area contributed by atoms with Crippen LogP contribution in [0.3, 0.4) is 0 Å². The standard InChI is InChI=1S/C18H24N4O3S/c1-11-6-4-7-12(2)15(11)19-16(23)13(3)26-18-21-20-17(24)22(18)10-14-8-5-9-25-14/h4,6-7,13-14H,5,8-10H2,1-3H3,(H,19,23)(H,20,24)/t13-,14-/m1/s1. The lowest BCUT2D eigenvalue weighted by Gasteiger charge is -2.16. The van der Waals surface area contributed by atoms with Gasteiger partial charge in [-0.25, -0.2) is 9.89 Å². The van der Waals surface area contributed by atoms with Crippen LogP contribution in [0.15, 0.2) is 28.2 Å². The minimum atomic E-state index is -0.396. The molecule has 26 heavy (non-hydrogen) atoms. The number of carbonyl (C=O) groups excluding carboxylic acids is 1. The van der Waals surface area contributed by atoms with Crippen LogP contribution in [0.4, 0.5) is 5.69 Å². The average Bonchev–Trinajstić information content (AvgIpc) is 3.23. The molecule has 2 N–H and O–H groups in total. The highest BCUT2D eigenvalue weighted by Crippen LogP contribution is 2.25. The molecule has 3 rings (SSSR count). The van der Waals surface area contributed by atoms with E-state index in [1.807, 2.05) is 39.0 Å². The van der Waals surface area contributed by atoms with Gasteiger partial charge in [0.05, 0.1) is 17.9 Å². The minimum absolute atomic E-state index is 0.0309. The second-order valence-corrected chi connectivity index (χ2v) is 7.88. The third-order valence-corrected chi connectivity index (χ3v) is 5.60. The molecule has 1 amide bonds. The van der Waals surface area contributed by atoms with Crippen molar-refractivity contribution in [3.8, 4) is 0 Å². The Hall–Kier alpha value is -2.06. The van der Waals surface area contributed by atoms with E-state index in [1.54, 1.807) is 4.57 Å². The van der Waals surface area contributed by atoms with Gasteiger partial charge in [-0.2, -0.15) is 0 Å². The highest BCUT2D eigenvalue weighted by molar-refractivity contribution is 8.00. The highest BCUT2D eigenvalue weighted by Gasteiger charge is 2.23. The van der Waals surface area contributed by atoms with E-state index in [2.05, 4.69) is 15.5 Å². The molecule has 0 aliphatic carbocycles. The van der Waals surface area contributed by atoms with E-state index in [9.17, 15) is 9.59 Å². The number of aryl methyl sites for hydroxylation is 2. The topological polar surface area (TPSA) is 89.0 Å². The van der Waals surface area contributed by atoms with Gasteiger partial charge in [0.2, 0.25) is 5.91 Å². The lowest BCUT2D eigenvalue weighted by Crippen LogP contribution is -2.27. The largest absolute Gasteiger partial charge is 0.376 e. The lowest BCUT2D eigenvalue weighted by atomic mass is 10.1. The number of hydrogen-bond donors (Lipinski definition) is 2. The van der Waals surface area contributed by atoms with Gasteiger partial charge >= 0.3 is 5.69 Å². The summed E-state index contributed by atoms with van der Waals surface area (Å²) in [7, 11) is 0. The van der Waals surface area contributed by atoms with Crippen LogP contribution in [0.5, 0.6) is 0 Å². The van der Waals surface area contributed by atoms with Gasteiger partial charge in [0.1, 0.15) is 0 Å². The molecular weight excluding hydrogens is 352 g/mol. The van der Waals surface area contributed by atoms with Crippen molar-refractivity contribution >= 4 is 23.4 Å². The van der Waals surface area contributed by atoms with Gasteiger partial charge in [-0.05, 0) is 44.7 Å². The number of amides is 1. The molecule has 1 aliphatic rings. The predicted molar refractivity (Wildman–Crippen MR) is 102 cm³/mol. The van der Waals surface area contributed by atoms with Crippen LogP contribution < -0.4 is 11.0 Å². The molecule has 2 atom stereocenters. The van der Waals surface area contributed by atoms with Gasteiger partial charge in [0, 0.05) is 12.3 Å². The molecule has 0 unspecified atom stereocenters. The maximum Gasteiger partial charge on any atom is 0.344 e. The third-order valence-electron chi connectivity index (χ3n) is 4.51. The normalized spacial score (nSPS) is 18.0. The van der Waals surface area contributed by atoms with Crippen molar-refractivity contribution in [2.45, 2.75) is 56.7 Å². The number of nitrogens with one attached hydrogen (secondary N) is 2. The first kappa shape index (κ1) is 18.7. The maximum atomic E-state index is 12.6. The van der Waals surface area contributed by atoms with Gasteiger partial charge in [0.15, 0.2) is 5.16 Å². The van der Waals surface area contributed by atoms with Crippen LogP contribution in [0.1, 0.15) is 30.9 Å². The van der Waals surface area contributed by atoms with Crippen LogP contribution in [0.2, 0.25) is 0 Å². The molecular formula is C18H24N4O3S. The zero-order valence-corrected chi connectivity index (χ0v) is 16.1. The quantitative estimate of drug-likeness (QED) is 0.756. The summed E-state index contributed by atoms with van der Waals surface area (Å²) in [5, 5.41) is 9.65. The predicted octanol–water partition coefficient (Wildman–Crippen LogP) is 2.49. The van der Waals surface area contributed by atoms with E-state index in [1.165, 1.54) is 11.8 Å². The monoisotopic (exact) mass is 376 g/mol. The number of aromatic amines is 1. The van der Waals surface area contributed by atoms with E-state index in [4.69, 9.17) is 4.74 Å². The molecule has 1 fully saturated rings. The lowest BCUT2D eigenvalue weighted by molar-refractivity contribution is -0.115. The molecule has 0 radical (unpaired) electrons. The summed E-state index contributed by atoms with van der Waals surface area (Å²) < 4.78 is 7.16. The number of hydrogen-bond acceptors (Lipinski definition) is 5. The molecule has 0 bridgehead atoms. The Bertz CT molecular complexity index is 819. The number of rotatable bonds is 6. The van der Waals surface area contributed by atoms with Crippen LogP contribution in [0, 0.1) is 13.8 Å². The van der Waals surface area contributed by atoms with Crippen molar-refractivity contribution in [2.75, 3.05) is 11.9 Å². The number of anilines is 1. The first-order valence-electron chi connectivity index (χ1n) is 8.76. The number of carbonyl (C=O) groups is 1. The van der Waals surface area contributed by atoms with Gasteiger partial charge in [-0.1, -0.05) is 30.0 Å². The average molecular weight is 376 g/mol. The van der Waals surface area contributed by atoms with Crippen molar-refractivity contribution < 1.29 is 9.53 Å². The Morgan fingerprint density at radius 3 is 2.85 bits per heavy atom. The van der Waals surface area contributed by atoms with Crippen molar-refractivity contribution in [3.05, 3.63) is 39.8 Å². The molecule has 140 valence electrons. The number of H-pyrrole nitrogens is 1. The summed E-state index contributed by atoms with van der Waals surface area (Å²) in [4.78, 5) is 24.6. The fraction of sp³-hybridized carbons (Fsp3) is 0.500.